The van der Waals surface area contributed by atoms with E-state index in [4.69, 9.17) is 5.73 Å². The van der Waals surface area contributed by atoms with Gasteiger partial charge in [0.15, 0.2) is 0 Å². The molecule has 0 bridgehead atoms. The number of piperidine rings is 1. The van der Waals surface area contributed by atoms with E-state index in [9.17, 15) is 9.59 Å². The average Bonchev–Trinajstić information content (AvgIpc) is 3.64. The Kier molecular flexibility index (Phi) is 9.50. The Bertz CT molecular complexity index is 1200. The molecular formula is C31H40N4O2S2. The molecule has 2 amide bonds. The Hall–Kier alpha value is -2.52. The van der Waals surface area contributed by atoms with Gasteiger partial charge in [-0.2, -0.15) is 0 Å². The lowest BCUT2D eigenvalue weighted by Crippen LogP contribution is -2.58. The van der Waals surface area contributed by atoms with Crippen LogP contribution in [-0.4, -0.2) is 58.9 Å². The van der Waals surface area contributed by atoms with Gasteiger partial charge in [-0.1, -0.05) is 36.4 Å². The first-order valence-corrected chi connectivity index (χ1v) is 15.9. The Morgan fingerprint density at radius 3 is 2.51 bits per heavy atom. The van der Waals surface area contributed by atoms with Gasteiger partial charge >= 0.3 is 0 Å². The SMILES string of the molecule is Cc1ccc(CN(CCc2ccccc2)C2CCN(C(=O)c3cccs3)[C@@H](C(=O)NC3CCC(N)CC3)C2)s1. The van der Waals surface area contributed by atoms with E-state index in [1.807, 2.05) is 33.7 Å². The van der Waals surface area contributed by atoms with Crippen molar-refractivity contribution in [1.29, 1.82) is 0 Å². The molecule has 39 heavy (non-hydrogen) atoms. The summed E-state index contributed by atoms with van der Waals surface area (Å²) in [6.45, 7) is 4.51. The minimum Gasteiger partial charge on any atom is -0.352 e. The minimum absolute atomic E-state index is 0.0138. The fraction of sp³-hybridized carbons (Fsp3) is 0.484. The second kappa shape index (κ2) is 13.2. The molecule has 2 atom stereocenters. The van der Waals surface area contributed by atoms with Gasteiger partial charge in [0.1, 0.15) is 6.04 Å². The van der Waals surface area contributed by atoms with Crippen LogP contribution < -0.4 is 11.1 Å². The van der Waals surface area contributed by atoms with Crippen LogP contribution in [0.3, 0.4) is 0 Å². The number of aryl methyl sites for hydroxylation is 1. The van der Waals surface area contributed by atoms with Crippen molar-refractivity contribution in [3.8, 4) is 0 Å². The minimum atomic E-state index is -0.474. The van der Waals surface area contributed by atoms with E-state index in [-0.39, 0.29) is 29.9 Å². The van der Waals surface area contributed by atoms with Crippen molar-refractivity contribution in [3.63, 3.8) is 0 Å². The first-order chi connectivity index (χ1) is 19.0. The topological polar surface area (TPSA) is 78.7 Å². The summed E-state index contributed by atoms with van der Waals surface area (Å²) < 4.78 is 0. The monoisotopic (exact) mass is 564 g/mol. The van der Waals surface area contributed by atoms with Crippen molar-refractivity contribution in [2.24, 2.45) is 5.73 Å². The number of benzene rings is 1. The highest BCUT2D eigenvalue weighted by Gasteiger charge is 2.39. The van der Waals surface area contributed by atoms with Crippen LogP contribution in [0.4, 0.5) is 0 Å². The van der Waals surface area contributed by atoms with Crippen molar-refractivity contribution < 1.29 is 9.59 Å². The van der Waals surface area contributed by atoms with Gasteiger partial charge in [-0.25, -0.2) is 0 Å². The van der Waals surface area contributed by atoms with Crippen LogP contribution in [-0.2, 0) is 17.8 Å². The molecule has 3 heterocycles. The van der Waals surface area contributed by atoms with E-state index in [0.717, 1.165) is 51.6 Å². The average molecular weight is 565 g/mol. The number of thiophene rings is 2. The van der Waals surface area contributed by atoms with Gasteiger partial charge in [-0.3, -0.25) is 14.5 Å². The third kappa shape index (κ3) is 7.37. The lowest BCUT2D eigenvalue weighted by Gasteiger charge is -2.43. The number of amides is 2. The molecule has 2 aliphatic rings. The molecule has 1 saturated carbocycles. The summed E-state index contributed by atoms with van der Waals surface area (Å²) in [6, 6.07) is 18.9. The normalized spacial score (nSPS) is 23.6. The molecule has 208 valence electrons. The molecule has 3 aromatic rings. The predicted octanol–water partition coefficient (Wildman–Crippen LogP) is 5.22. The third-order valence-electron chi connectivity index (χ3n) is 8.19. The summed E-state index contributed by atoms with van der Waals surface area (Å²) in [7, 11) is 0. The van der Waals surface area contributed by atoms with Crippen molar-refractivity contribution in [2.45, 2.75) is 82.6 Å². The molecule has 2 aromatic heterocycles. The second-order valence-electron chi connectivity index (χ2n) is 11.0. The van der Waals surface area contributed by atoms with Crippen LogP contribution >= 0.6 is 22.7 Å². The third-order valence-corrected chi connectivity index (χ3v) is 10.0. The van der Waals surface area contributed by atoms with E-state index in [0.29, 0.717) is 17.8 Å². The van der Waals surface area contributed by atoms with E-state index in [1.165, 1.54) is 26.7 Å². The standard InChI is InChI=1S/C31H40N4O2S2/c1-22-9-14-27(39-22)21-34(17-15-23-6-3-2-4-7-23)26-16-18-35(31(37)29-8-5-19-38-29)28(20-26)30(36)33-25-12-10-24(32)11-13-25/h2-9,14,19,24-26,28H,10-13,15-18,20-21,32H2,1H3,(H,33,36)/t24?,25?,26?,28-/m1/s1. The van der Waals surface area contributed by atoms with Gasteiger partial charge < -0.3 is 16.0 Å². The fourth-order valence-corrected chi connectivity index (χ4v) is 7.55. The highest BCUT2D eigenvalue weighted by molar-refractivity contribution is 7.12. The number of rotatable bonds is 9. The summed E-state index contributed by atoms with van der Waals surface area (Å²) in [6.07, 6.45) is 6.14. The lowest BCUT2D eigenvalue weighted by molar-refractivity contribution is -0.128. The quantitative estimate of drug-likeness (QED) is 0.374. The zero-order chi connectivity index (χ0) is 27.2. The summed E-state index contributed by atoms with van der Waals surface area (Å²) in [5.74, 6) is -0.0426. The molecule has 8 heteroatoms. The second-order valence-corrected chi connectivity index (χ2v) is 13.3. The van der Waals surface area contributed by atoms with E-state index in [2.05, 4.69) is 59.6 Å². The van der Waals surface area contributed by atoms with Gasteiger partial charge in [0.05, 0.1) is 4.88 Å². The van der Waals surface area contributed by atoms with E-state index >= 15 is 0 Å². The maximum Gasteiger partial charge on any atom is 0.264 e. The molecule has 3 N–H and O–H groups in total. The molecule has 1 unspecified atom stereocenters. The van der Waals surface area contributed by atoms with Crippen LogP contribution in [0.5, 0.6) is 0 Å². The molecule has 2 fully saturated rings. The number of nitrogens with two attached hydrogens (primary N) is 1. The molecular weight excluding hydrogens is 525 g/mol. The van der Waals surface area contributed by atoms with Gasteiger partial charge in [-0.05, 0) is 81.0 Å². The Balaban J connectivity index is 1.34. The summed E-state index contributed by atoms with van der Waals surface area (Å²) in [4.78, 5) is 35.0. The molecule has 1 aliphatic heterocycles. The molecule has 1 aromatic carbocycles. The van der Waals surface area contributed by atoms with Crippen molar-refractivity contribution in [2.75, 3.05) is 13.1 Å². The smallest absolute Gasteiger partial charge is 0.264 e. The van der Waals surface area contributed by atoms with Crippen LogP contribution in [0.1, 0.15) is 63.5 Å². The first kappa shape index (κ1) is 28.0. The van der Waals surface area contributed by atoms with Crippen LogP contribution in [0, 0.1) is 6.92 Å². The molecule has 0 radical (unpaired) electrons. The van der Waals surface area contributed by atoms with Gasteiger partial charge in [-0.15, -0.1) is 22.7 Å². The van der Waals surface area contributed by atoms with Crippen LogP contribution in [0.2, 0.25) is 0 Å². The Labute approximate surface area is 240 Å². The number of carbonyl (C=O) groups excluding carboxylic acids is 2. The number of carbonyl (C=O) groups is 2. The first-order valence-electron chi connectivity index (χ1n) is 14.2. The molecule has 5 rings (SSSR count). The maximum absolute atomic E-state index is 13.8. The molecule has 6 nitrogen and oxygen atoms in total. The number of likely N-dealkylation sites (tertiary alicyclic amines) is 1. The summed E-state index contributed by atoms with van der Waals surface area (Å²) in [5, 5.41) is 5.23. The predicted molar refractivity (Wildman–Crippen MR) is 160 cm³/mol. The molecule has 1 aliphatic carbocycles. The summed E-state index contributed by atoms with van der Waals surface area (Å²) in [5.41, 5.74) is 7.42. The van der Waals surface area contributed by atoms with E-state index in [1.54, 1.807) is 0 Å². The van der Waals surface area contributed by atoms with Crippen LogP contribution in [0.15, 0.2) is 60.0 Å². The number of hydrogen-bond acceptors (Lipinski definition) is 6. The van der Waals surface area contributed by atoms with E-state index < -0.39 is 6.04 Å². The van der Waals surface area contributed by atoms with Crippen molar-refractivity contribution >= 4 is 34.5 Å². The maximum atomic E-state index is 13.8. The van der Waals surface area contributed by atoms with Gasteiger partial charge in [0.2, 0.25) is 5.91 Å². The zero-order valence-electron chi connectivity index (χ0n) is 22.8. The number of nitrogens with zero attached hydrogens (tertiary/aromatic N) is 2. The highest BCUT2D eigenvalue weighted by Crippen LogP contribution is 2.29. The van der Waals surface area contributed by atoms with Gasteiger partial charge in [0.25, 0.3) is 5.91 Å². The summed E-state index contributed by atoms with van der Waals surface area (Å²) >= 11 is 3.29. The largest absolute Gasteiger partial charge is 0.352 e. The zero-order valence-corrected chi connectivity index (χ0v) is 24.4. The molecule has 0 spiro atoms. The van der Waals surface area contributed by atoms with Crippen LogP contribution in [0.25, 0.3) is 0 Å². The Morgan fingerprint density at radius 1 is 1.03 bits per heavy atom. The molecule has 1 saturated heterocycles. The van der Waals surface area contributed by atoms with Crippen molar-refractivity contribution in [3.05, 3.63) is 80.2 Å². The number of hydrogen-bond donors (Lipinski definition) is 2. The Morgan fingerprint density at radius 2 is 1.82 bits per heavy atom. The van der Waals surface area contributed by atoms with Gasteiger partial charge in [0, 0.05) is 47.5 Å². The number of nitrogens with one attached hydrogen (secondary N) is 1. The highest BCUT2D eigenvalue weighted by atomic mass is 32.1. The fourth-order valence-electron chi connectivity index (χ4n) is 5.95. The van der Waals surface area contributed by atoms with Crippen molar-refractivity contribution in [1.82, 2.24) is 15.1 Å². The lowest BCUT2D eigenvalue weighted by atomic mass is 9.90.